The number of aromatic nitrogens is 1. The van der Waals surface area contributed by atoms with Crippen LogP contribution in [0, 0.1) is 0 Å². The molecule has 7 heteroatoms. The lowest BCUT2D eigenvalue weighted by molar-refractivity contribution is -0.116. The fraction of sp³-hybridized carbons (Fsp3) is 0.0606. The van der Waals surface area contributed by atoms with E-state index in [1.165, 1.54) is 19.2 Å². The van der Waals surface area contributed by atoms with E-state index in [1.807, 2.05) is 89.5 Å². The largest absolute Gasteiger partial charge is 0.465 e. The molecule has 1 aromatic heterocycles. The summed E-state index contributed by atoms with van der Waals surface area (Å²) in [5.74, 6) is -1.20. The van der Waals surface area contributed by atoms with E-state index in [0.29, 0.717) is 16.9 Å². The number of hydrogen-bond donors (Lipinski definition) is 2. The molecular formula is C33H25N3O4. The number of ether oxygens (including phenoxy) is 1. The second kappa shape index (κ2) is 10.4. The van der Waals surface area contributed by atoms with Crippen molar-refractivity contribution in [2.24, 2.45) is 0 Å². The average molecular weight is 528 g/mol. The van der Waals surface area contributed by atoms with Crippen LogP contribution in [0.3, 0.4) is 0 Å². The summed E-state index contributed by atoms with van der Waals surface area (Å²) >= 11 is 0. The van der Waals surface area contributed by atoms with E-state index in [9.17, 15) is 14.4 Å². The number of esters is 1. The molecule has 40 heavy (non-hydrogen) atoms. The zero-order valence-electron chi connectivity index (χ0n) is 21.7. The maximum atomic E-state index is 13.3. The number of nitrogens with zero attached hydrogens (tertiary/aromatic N) is 1. The Bertz CT molecular complexity index is 1890. The SMILES string of the molecule is COC(=O)c1cc(NC(=O)Cn2c3ccccc3c3ccccc32)cc(NC(=O)c2ccc3ccccc3c2)c1. The molecule has 0 radical (unpaired) electrons. The van der Waals surface area contributed by atoms with E-state index in [0.717, 1.165) is 32.6 Å². The number of fused-ring (bicyclic) bond motifs is 4. The lowest BCUT2D eigenvalue weighted by Gasteiger charge is -2.13. The number of amides is 2. The molecule has 196 valence electrons. The normalized spacial score (nSPS) is 11.0. The predicted molar refractivity (Wildman–Crippen MR) is 158 cm³/mol. The number of carbonyl (C=O) groups is 3. The minimum Gasteiger partial charge on any atom is -0.465 e. The van der Waals surface area contributed by atoms with Gasteiger partial charge in [0.1, 0.15) is 6.54 Å². The summed E-state index contributed by atoms with van der Waals surface area (Å²) in [6, 6.07) is 33.8. The summed E-state index contributed by atoms with van der Waals surface area (Å²) in [6.45, 7) is 0.0647. The summed E-state index contributed by atoms with van der Waals surface area (Å²) in [5, 5.41) is 9.84. The fourth-order valence-electron chi connectivity index (χ4n) is 5.06. The Hall–Kier alpha value is -5.43. The zero-order chi connectivity index (χ0) is 27.6. The number of para-hydroxylation sites is 2. The van der Waals surface area contributed by atoms with E-state index in [1.54, 1.807) is 12.1 Å². The van der Waals surface area contributed by atoms with Gasteiger partial charge in [-0.15, -0.1) is 0 Å². The average Bonchev–Trinajstić information content (AvgIpc) is 3.29. The van der Waals surface area contributed by atoms with Crippen molar-refractivity contribution in [3.8, 4) is 0 Å². The van der Waals surface area contributed by atoms with Crippen molar-refractivity contribution in [1.29, 1.82) is 0 Å². The van der Waals surface area contributed by atoms with Gasteiger partial charge in [-0.25, -0.2) is 4.79 Å². The molecule has 6 rings (SSSR count). The first kappa shape index (κ1) is 24.9. The van der Waals surface area contributed by atoms with Crippen molar-refractivity contribution in [2.45, 2.75) is 6.54 Å². The van der Waals surface area contributed by atoms with Crippen LogP contribution < -0.4 is 10.6 Å². The summed E-state index contributed by atoms with van der Waals surface area (Å²) in [6.07, 6.45) is 0. The molecular weight excluding hydrogens is 502 g/mol. The Kier molecular flexibility index (Phi) is 6.46. The minimum atomic E-state index is -0.584. The highest BCUT2D eigenvalue weighted by Gasteiger charge is 2.16. The molecule has 0 atom stereocenters. The number of nitrogens with one attached hydrogen (secondary N) is 2. The van der Waals surface area contributed by atoms with Gasteiger partial charge in [-0.1, -0.05) is 66.7 Å². The molecule has 2 N–H and O–H groups in total. The van der Waals surface area contributed by atoms with Crippen LogP contribution in [0.4, 0.5) is 11.4 Å². The lowest BCUT2D eigenvalue weighted by Crippen LogP contribution is -2.19. The highest BCUT2D eigenvalue weighted by atomic mass is 16.5. The molecule has 0 unspecified atom stereocenters. The van der Waals surface area contributed by atoms with Gasteiger partial charge in [-0.3, -0.25) is 9.59 Å². The highest BCUT2D eigenvalue weighted by Crippen LogP contribution is 2.29. The monoisotopic (exact) mass is 527 g/mol. The molecule has 0 aliphatic rings. The molecule has 6 aromatic rings. The Balaban J connectivity index is 1.28. The molecule has 1 heterocycles. The van der Waals surface area contributed by atoms with Crippen molar-refractivity contribution in [2.75, 3.05) is 17.7 Å². The van der Waals surface area contributed by atoms with Crippen LogP contribution in [-0.4, -0.2) is 29.5 Å². The number of methoxy groups -OCH3 is 1. The van der Waals surface area contributed by atoms with Gasteiger partial charge in [0.05, 0.1) is 12.7 Å². The molecule has 0 fully saturated rings. The second-order valence-electron chi connectivity index (χ2n) is 9.48. The van der Waals surface area contributed by atoms with Crippen molar-refractivity contribution >= 4 is 61.7 Å². The van der Waals surface area contributed by atoms with Crippen LogP contribution in [0.1, 0.15) is 20.7 Å². The molecule has 0 aliphatic heterocycles. The van der Waals surface area contributed by atoms with Crippen LogP contribution in [-0.2, 0) is 16.1 Å². The molecule has 7 nitrogen and oxygen atoms in total. The van der Waals surface area contributed by atoms with Crippen LogP contribution in [0.15, 0.2) is 109 Å². The molecule has 5 aromatic carbocycles. The Labute approximate surface area is 230 Å². The van der Waals surface area contributed by atoms with Gasteiger partial charge in [0, 0.05) is 38.7 Å². The third kappa shape index (κ3) is 4.76. The van der Waals surface area contributed by atoms with Gasteiger partial charge in [0.25, 0.3) is 5.91 Å². The molecule has 0 saturated heterocycles. The second-order valence-corrected chi connectivity index (χ2v) is 9.48. The van der Waals surface area contributed by atoms with Crippen molar-refractivity contribution in [3.63, 3.8) is 0 Å². The molecule has 0 spiro atoms. The summed E-state index contributed by atoms with van der Waals surface area (Å²) < 4.78 is 6.87. The number of hydrogen-bond acceptors (Lipinski definition) is 4. The van der Waals surface area contributed by atoms with Crippen LogP contribution in [0.5, 0.6) is 0 Å². The van der Waals surface area contributed by atoms with Crippen LogP contribution in [0.2, 0.25) is 0 Å². The molecule has 2 amide bonds. The third-order valence-corrected chi connectivity index (χ3v) is 6.89. The number of carbonyl (C=O) groups excluding carboxylic acids is 3. The summed E-state index contributed by atoms with van der Waals surface area (Å²) in [4.78, 5) is 38.7. The topological polar surface area (TPSA) is 89.4 Å². The van der Waals surface area contributed by atoms with Crippen molar-refractivity contribution in [3.05, 3.63) is 120 Å². The molecule has 0 aliphatic carbocycles. The smallest absolute Gasteiger partial charge is 0.337 e. The van der Waals surface area contributed by atoms with E-state index in [2.05, 4.69) is 10.6 Å². The van der Waals surface area contributed by atoms with Crippen molar-refractivity contribution < 1.29 is 19.1 Å². The van der Waals surface area contributed by atoms with Gasteiger partial charge < -0.3 is 19.9 Å². The van der Waals surface area contributed by atoms with Crippen LogP contribution in [0.25, 0.3) is 32.6 Å². The number of rotatable bonds is 6. The number of benzene rings is 5. The van der Waals surface area contributed by atoms with Gasteiger partial charge in [0.2, 0.25) is 5.91 Å². The summed E-state index contributed by atoms with van der Waals surface area (Å²) in [5.41, 5.74) is 3.29. The first-order valence-electron chi connectivity index (χ1n) is 12.8. The highest BCUT2D eigenvalue weighted by molar-refractivity contribution is 6.10. The van der Waals surface area contributed by atoms with E-state index < -0.39 is 5.97 Å². The minimum absolute atomic E-state index is 0.0647. The predicted octanol–water partition coefficient (Wildman–Crippen LogP) is 6.63. The van der Waals surface area contributed by atoms with Crippen LogP contribution >= 0.6 is 0 Å². The first-order chi connectivity index (χ1) is 19.5. The quantitative estimate of drug-likeness (QED) is 0.238. The fourth-order valence-corrected chi connectivity index (χ4v) is 5.06. The van der Waals surface area contributed by atoms with E-state index >= 15 is 0 Å². The lowest BCUT2D eigenvalue weighted by atomic mass is 10.1. The van der Waals surface area contributed by atoms with E-state index in [-0.39, 0.29) is 23.9 Å². The zero-order valence-corrected chi connectivity index (χ0v) is 21.7. The molecule has 0 bridgehead atoms. The maximum Gasteiger partial charge on any atom is 0.337 e. The van der Waals surface area contributed by atoms with E-state index in [4.69, 9.17) is 4.74 Å². The van der Waals surface area contributed by atoms with Gasteiger partial charge in [-0.2, -0.15) is 0 Å². The van der Waals surface area contributed by atoms with Crippen molar-refractivity contribution in [1.82, 2.24) is 4.57 Å². The van der Waals surface area contributed by atoms with Gasteiger partial charge in [0.15, 0.2) is 0 Å². The number of anilines is 2. The third-order valence-electron chi connectivity index (χ3n) is 6.89. The summed E-state index contributed by atoms with van der Waals surface area (Å²) in [7, 11) is 1.28. The first-order valence-corrected chi connectivity index (χ1v) is 12.8. The Morgan fingerprint density at radius 1 is 0.650 bits per heavy atom. The van der Waals surface area contributed by atoms with Gasteiger partial charge in [-0.05, 0) is 53.2 Å². The standard InChI is InChI=1S/C33H25N3O4/c1-40-33(39)24-17-25(19-26(18-24)35-32(38)23-15-14-21-8-2-3-9-22(21)16-23)34-31(37)20-36-29-12-6-4-10-27(29)28-11-5-7-13-30(28)36/h2-19H,20H2,1H3,(H,34,37)(H,35,38). The van der Waals surface area contributed by atoms with Gasteiger partial charge >= 0.3 is 5.97 Å². The Morgan fingerprint density at radius 2 is 1.25 bits per heavy atom. The molecule has 0 saturated carbocycles. The Morgan fingerprint density at radius 3 is 1.93 bits per heavy atom. The maximum absolute atomic E-state index is 13.3.